The molecule has 0 aliphatic rings. The van der Waals surface area contributed by atoms with Crippen LogP contribution in [-0.4, -0.2) is 24.3 Å². The number of carbonyl (C=O) groups excluding carboxylic acids is 3. The zero-order valence-electron chi connectivity index (χ0n) is 12.9. The van der Waals surface area contributed by atoms with Crippen molar-refractivity contribution >= 4 is 36.2 Å². The van der Waals surface area contributed by atoms with Gasteiger partial charge in [0.25, 0.3) is 5.91 Å². The third-order valence-electron chi connectivity index (χ3n) is 3.06. The van der Waals surface area contributed by atoms with E-state index in [0.717, 1.165) is 4.31 Å². The maximum Gasteiger partial charge on any atom is 0.338 e. The van der Waals surface area contributed by atoms with E-state index < -0.39 is 11.9 Å². The van der Waals surface area contributed by atoms with Crippen LogP contribution < -0.4 is 14.4 Å². The molecule has 0 heterocycles. The molecular formula is C17H16N2O4S. The van der Waals surface area contributed by atoms with Crippen molar-refractivity contribution in [3.8, 4) is 5.75 Å². The molecule has 0 spiro atoms. The van der Waals surface area contributed by atoms with Crippen LogP contribution in [0.4, 0.5) is 10.5 Å². The fourth-order valence-corrected chi connectivity index (χ4v) is 2.16. The minimum absolute atomic E-state index is 0.212. The molecule has 2 aromatic carbocycles. The van der Waals surface area contributed by atoms with Crippen LogP contribution in [0, 0.1) is 0 Å². The molecule has 0 saturated carbocycles. The van der Waals surface area contributed by atoms with E-state index in [-0.39, 0.29) is 12.4 Å². The number of Topliss-reactive ketones (excluding diaryl/α,β-unsaturated/α-hetero) is 1. The number of hydrogen-bond acceptors (Lipinski definition) is 5. The second kappa shape index (κ2) is 8.16. The molecule has 0 aliphatic heterocycles. The quantitative estimate of drug-likeness (QED) is 0.646. The van der Waals surface area contributed by atoms with Crippen molar-refractivity contribution in [2.75, 3.05) is 10.9 Å². The van der Waals surface area contributed by atoms with E-state index in [1.807, 2.05) is 6.07 Å². The van der Waals surface area contributed by atoms with Gasteiger partial charge in [-0.3, -0.25) is 14.9 Å². The summed E-state index contributed by atoms with van der Waals surface area (Å²) < 4.78 is 6.17. The molecule has 7 heteroatoms. The molecule has 1 N–H and O–H groups in total. The molecule has 0 fully saturated rings. The lowest BCUT2D eigenvalue weighted by Gasteiger charge is -2.18. The average molecular weight is 344 g/mol. The van der Waals surface area contributed by atoms with E-state index in [0.29, 0.717) is 17.0 Å². The predicted octanol–water partition coefficient (Wildman–Crippen LogP) is 2.86. The molecule has 3 amide bonds. The lowest BCUT2D eigenvalue weighted by atomic mass is 10.1. The Bertz CT molecular complexity index is 749. The minimum atomic E-state index is -0.770. The number of urea groups is 1. The second-order valence-electron chi connectivity index (χ2n) is 4.84. The Balaban J connectivity index is 1.96. The highest BCUT2D eigenvalue weighted by molar-refractivity contribution is 7.82. The summed E-state index contributed by atoms with van der Waals surface area (Å²) in [4.78, 5) is 35.5. The van der Waals surface area contributed by atoms with Crippen molar-refractivity contribution in [1.29, 1.82) is 0 Å². The SMILES string of the molecule is CC(=O)c1ccccc1N(S)C(=O)NC(=O)COc1ccccc1. The van der Waals surface area contributed by atoms with Crippen molar-refractivity contribution in [2.45, 2.75) is 6.92 Å². The third kappa shape index (κ3) is 4.60. The van der Waals surface area contributed by atoms with Gasteiger partial charge in [-0.2, -0.15) is 0 Å². The monoisotopic (exact) mass is 344 g/mol. The highest BCUT2D eigenvalue weighted by Crippen LogP contribution is 2.22. The topological polar surface area (TPSA) is 75.7 Å². The van der Waals surface area contributed by atoms with Gasteiger partial charge in [0, 0.05) is 5.56 Å². The summed E-state index contributed by atoms with van der Waals surface area (Å²) in [5.41, 5.74) is 0.623. The number of rotatable bonds is 5. The number of imide groups is 1. The van der Waals surface area contributed by atoms with E-state index in [4.69, 9.17) is 4.74 Å². The molecule has 2 rings (SSSR count). The second-order valence-corrected chi connectivity index (χ2v) is 5.24. The van der Waals surface area contributed by atoms with Crippen LogP contribution >= 0.6 is 12.8 Å². The molecule has 0 radical (unpaired) electrons. The number of ether oxygens (including phenoxy) is 1. The maximum atomic E-state index is 12.1. The number of nitrogens with one attached hydrogen (secondary N) is 1. The lowest BCUT2D eigenvalue weighted by molar-refractivity contribution is -0.121. The van der Waals surface area contributed by atoms with Crippen molar-refractivity contribution in [3.05, 3.63) is 60.2 Å². The summed E-state index contributed by atoms with van der Waals surface area (Å²) in [5.74, 6) is -0.316. The fraction of sp³-hybridized carbons (Fsp3) is 0.118. The molecule has 0 atom stereocenters. The Kier molecular flexibility index (Phi) is 5.97. The Hall–Kier alpha value is -2.80. The van der Waals surface area contributed by atoms with Gasteiger partial charge in [0.15, 0.2) is 12.4 Å². The lowest BCUT2D eigenvalue weighted by Crippen LogP contribution is -2.41. The van der Waals surface area contributed by atoms with Crippen LogP contribution in [0.5, 0.6) is 5.75 Å². The predicted molar refractivity (Wildman–Crippen MR) is 93.4 cm³/mol. The number of amides is 3. The number of carbonyl (C=O) groups is 3. The molecule has 0 unspecified atom stereocenters. The summed E-state index contributed by atoms with van der Waals surface area (Å²) in [6.45, 7) is 1.07. The van der Waals surface area contributed by atoms with Gasteiger partial charge in [0.2, 0.25) is 0 Å². The van der Waals surface area contributed by atoms with Crippen LogP contribution in [0.1, 0.15) is 17.3 Å². The van der Waals surface area contributed by atoms with E-state index >= 15 is 0 Å². The van der Waals surface area contributed by atoms with Gasteiger partial charge in [0.1, 0.15) is 5.75 Å². The van der Waals surface area contributed by atoms with Crippen molar-refractivity contribution < 1.29 is 19.1 Å². The molecule has 124 valence electrons. The maximum absolute atomic E-state index is 12.1. The van der Waals surface area contributed by atoms with Crippen LogP contribution in [0.25, 0.3) is 0 Å². The Labute approximate surface area is 145 Å². The molecular weight excluding hydrogens is 328 g/mol. The van der Waals surface area contributed by atoms with E-state index in [1.54, 1.807) is 48.5 Å². The number of benzene rings is 2. The summed E-state index contributed by atoms with van der Waals surface area (Å²) in [5, 5.41) is 2.15. The summed E-state index contributed by atoms with van der Waals surface area (Å²) in [6, 6.07) is 14.5. The minimum Gasteiger partial charge on any atom is -0.484 e. The number of ketones is 1. The number of anilines is 1. The molecule has 2 aromatic rings. The highest BCUT2D eigenvalue weighted by Gasteiger charge is 2.19. The van der Waals surface area contributed by atoms with Gasteiger partial charge in [-0.25, -0.2) is 9.10 Å². The Morgan fingerprint density at radius 2 is 1.67 bits per heavy atom. The highest BCUT2D eigenvalue weighted by atomic mass is 32.1. The Morgan fingerprint density at radius 3 is 2.33 bits per heavy atom. The summed E-state index contributed by atoms with van der Waals surface area (Å²) in [7, 11) is 0. The third-order valence-corrected chi connectivity index (χ3v) is 3.46. The first-order valence-electron chi connectivity index (χ1n) is 7.09. The van der Waals surface area contributed by atoms with Crippen molar-refractivity contribution in [1.82, 2.24) is 5.32 Å². The molecule has 0 aliphatic carbocycles. The number of thiol groups is 1. The van der Waals surface area contributed by atoms with Gasteiger partial charge >= 0.3 is 6.03 Å². The zero-order valence-corrected chi connectivity index (χ0v) is 13.8. The fourth-order valence-electron chi connectivity index (χ4n) is 1.94. The first-order chi connectivity index (χ1) is 11.5. The normalized spacial score (nSPS) is 9.92. The van der Waals surface area contributed by atoms with Crippen LogP contribution in [-0.2, 0) is 4.79 Å². The number of nitrogens with zero attached hydrogens (tertiary/aromatic N) is 1. The van der Waals surface area contributed by atoms with Gasteiger partial charge in [-0.05, 0) is 31.2 Å². The molecule has 24 heavy (non-hydrogen) atoms. The molecule has 0 bridgehead atoms. The first kappa shape index (κ1) is 17.6. The van der Waals surface area contributed by atoms with Gasteiger partial charge in [0.05, 0.1) is 5.69 Å². The van der Waals surface area contributed by atoms with E-state index in [9.17, 15) is 14.4 Å². The van der Waals surface area contributed by atoms with Crippen LogP contribution in [0.2, 0.25) is 0 Å². The first-order valence-corrected chi connectivity index (χ1v) is 7.49. The molecule has 6 nitrogen and oxygen atoms in total. The van der Waals surface area contributed by atoms with Crippen molar-refractivity contribution in [3.63, 3.8) is 0 Å². The average Bonchev–Trinajstić information content (AvgIpc) is 2.60. The standard InChI is InChI=1S/C17H16N2O4S/c1-12(20)14-9-5-6-10-15(14)19(24)17(22)18-16(21)11-23-13-7-3-2-4-8-13/h2-10,24H,11H2,1H3,(H,18,21,22). The van der Waals surface area contributed by atoms with Crippen LogP contribution in [0.3, 0.4) is 0 Å². The number of hydrogen-bond donors (Lipinski definition) is 2. The summed E-state index contributed by atoms with van der Waals surface area (Å²) in [6.07, 6.45) is 0. The van der Waals surface area contributed by atoms with Crippen LogP contribution in [0.15, 0.2) is 54.6 Å². The van der Waals surface area contributed by atoms with Crippen molar-refractivity contribution in [2.24, 2.45) is 0 Å². The largest absolute Gasteiger partial charge is 0.484 e. The van der Waals surface area contributed by atoms with Gasteiger partial charge in [-0.15, -0.1) is 0 Å². The smallest absolute Gasteiger partial charge is 0.338 e. The molecule has 0 saturated heterocycles. The Morgan fingerprint density at radius 1 is 1.04 bits per heavy atom. The van der Waals surface area contributed by atoms with E-state index in [1.165, 1.54) is 6.92 Å². The zero-order chi connectivity index (χ0) is 17.5. The van der Waals surface area contributed by atoms with Gasteiger partial charge < -0.3 is 4.74 Å². The van der Waals surface area contributed by atoms with Gasteiger partial charge in [-0.1, -0.05) is 43.1 Å². The molecule has 0 aromatic heterocycles. The summed E-state index contributed by atoms with van der Waals surface area (Å²) >= 11 is 4.07. The van der Waals surface area contributed by atoms with E-state index in [2.05, 4.69) is 18.1 Å². The number of para-hydroxylation sites is 2.